The second-order valence-corrected chi connectivity index (χ2v) is 10.5. The number of amides is 1. The van der Waals surface area contributed by atoms with Crippen molar-refractivity contribution < 1.29 is 14.3 Å². The number of nitriles is 1. The van der Waals surface area contributed by atoms with E-state index in [0.717, 1.165) is 22.5 Å². The number of Topliss-reactive ketones (excluding diaryl/α,β-unsaturated/α-hetero) is 1. The molecule has 0 aliphatic carbocycles. The van der Waals surface area contributed by atoms with E-state index in [9.17, 15) is 9.59 Å². The van der Waals surface area contributed by atoms with Crippen molar-refractivity contribution in [2.45, 2.75) is 32.7 Å². The Kier molecular flexibility index (Phi) is 8.24. The highest BCUT2D eigenvalue weighted by molar-refractivity contribution is 6.08. The minimum absolute atomic E-state index is 0.0100. The van der Waals surface area contributed by atoms with E-state index in [1.807, 2.05) is 61.3 Å². The predicted octanol–water partition coefficient (Wildman–Crippen LogP) is 3.37. The fourth-order valence-corrected chi connectivity index (χ4v) is 4.25. The molecular weight excluding hydrogens is 468 g/mol. The molecule has 0 bridgehead atoms. The van der Waals surface area contributed by atoms with Crippen LogP contribution in [-0.2, 0) is 16.7 Å². The zero-order chi connectivity index (χ0) is 27.5. The molecule has 0 radical (unpaired) electrons. The third kappa shape index (κ3) is 6.09. The van der Waals surface area contributed by atoms with Gasteiger partial charge in [0, 0.05) is 57.2 Å². The second-order valence-electron chi connectivity index (χ2n) is 10.5. The van der Waals surface area contributed by atoms with E-state index >= 15 is 0 Å². The average molecular weight is 505 g/mol. The Hall–Kier alpha value is -3.90. The number of rotatable bonds is 9. The summed E-state index contributed by atoms with van der Waals surface area (Å²) in [6.07, 6.45) is 0. The molecule has 0 unspecified atom stereocenters. The fraction of sp³-hybridized carbons (Fsp3) is 0.429. The SMILES string of the molecule is CNC(=O)c1cc2c(cc1N(C)C)CN(CC(=O)c1cc(N(C)COCC#N)cc(C(C)(C)C)c1)C2=N. The van der Waals surface area contributed by atoms with Gasteiger partial charge in [-0.2, -0.15) is 5.26 Å². The van der Waals surface area contributed by atoms with E-state index < -0.39 is 0 Å². The minimum atomic E-state index is -0.219. The molecule has 1 amide bonds. The van der Waals surface area contributed by atoms with E-state index in [1.165, 1.54) is 0 Å². The molecule has 2 N–H and O–H groups in total. The molecule has 2 aromatic carbocycles. The van der Waals surface area contributed by atoms with Crippen LogP contribution in [0.1, 0.15) is 58.2 Å². The molecule has 0 aromatic heterocycles. The van der Waals surface area contributed by atoms with E-state index in [4.69, 9.17) is 15.4 Å². The topological polar surface area (TPSA) is 113 Å². The maximum absolute atomic E-state index is 13.5. The van der Waals surface area contributed by atoms with Gasteiger partial charge in [-0.3, -0.25) is 15.0 Å². The van der Waals surface area contributed by atoms with Crippen molar-refractivity contribution in [2.24, 2.45) is 0 Å². The van der Waals surface area contributed by atoms with Gasteiger partial charge < -0.3 is 24.8 Å². The van der Waals surface area contributed by atoms with Gasteiger partial charge in [-0.15, -0.1) is 0 Å². The molecule has 1 aliphatic rings. The number of fused-ring (bicyclic) bond motifs is 1. The van der Waals surface area contributed by atoms with E-state index in [2.05, 4.69) is 26.1 Å². The standard InChI is InChI=1S/C28H36N6O3/c1-28(2,3)20-10-18(11-21(13-20)33(7)17-37-9-8-29)25(35)16-34-15-19-12-24(32(5)6)23(27(36)31-4)14-22(19)26(34)30/h10-14,30H,9,15-17H2,1-7H3,(H,31,36). The highest BCUT2D eigenvalue weighted by Gasteiger charge is 2.29. The van der Waals surface area contributed by atoms with E-state index in [0.29, 0.717) is 23.2 Å². The molecule has 1 aliphatic heterocycles. The van der Waals surface area contributed by atoms with E-state index in [1.54, 1.807) is 18.0 Å². The molecule has 37 heavy (non-hydrogen) atoms. The first-order valence-corrected chi connectivity index (χ1v) is 12.1. The zero-order valence-electron chi connectivity index (χ0n) is 22.7. The number of carbonyl (C=O) groups is 2. The number of hydrogen-bond donors (Lipinski definition) is 2. The van der Waals surface area contributed by atoms with Crippen molar-refractivity contribution >= 4 is 28.9 Å². The predicted molar refractivity (Wildman–Crippen MR) is 146 cm³/mol. The van der Waals surface area contributed by atoms with Crippen molar-refractivity contribution in [3.63, 3.8) is 0 Å². The Labute approximate surface area is 219 Å². The number of nitrogens with zero attached hydrogens (tertiary/aromatic N) is 4. The maximum Gasteiger partial charge on any atom is 0.253 e. The smallest absolute Gasteiger partial charge is 0.253 e. The van der Waals surface area contributed by atoms with Crippen molar-refractivity contribution in [3.05, 3.63) is 58.1 Å². The summed E-state index contributed by atoms with van der Waals surface area (Å²) in [4.78, 5) is 31.4. The maximum atomic E-state index is 13.5. The van der Waals surface area contributed by atoms with Crippen LogP contribution in [0, 0.1) is 16.7 Å². The van der Waals surface area contributed by atoms with Gasteiger partial charge >= 0.3 is 0 Å². The largest absolute Gasteiger partial charge is 0.377 e. The first-order valence-electron chi connectivity index (χ1n) is 12.1. The second kappa shape index (κ2) is 11.0. The summed E-state index contributed by atoms with van der Waals surface area (Å²) in [6.45, 7) is 6.94. The molecule has 2 aromatic rings. The van der Waals surface area contributed by atoms with Gasteiger partial charge in [-0.05, 0) is 46.9 Å². The van der Waals surface area contributed by atoms with Gasteiger partial charge in [0.05, 0.1) is 18.2 Å². The van der Waals surface area contributed by atoms with Crippen LogP contribution in [0.5, 0.6) is 0 Å². The van der Waals surface area contributed by atoms with Crippen LogP contribution >= 0.6 is 0 Å². The molecule has 0 fully saturated rings. The lowest BCUT2D eigenvalue weighted by molar-refractivity contribution is 0.0955. The van der Waals surface area contributed by atoms with Gasteiger partial charge in [-0.25, -0.2) is 0 Å². The number of benzene rings is 2. The van der Waals surface area contributed by atoms with Crippen molar-refractivity contribution in [3.8, 4) is 6.07 Å². The first-order chi connectivity index (χ1) is 17.4. The van der Waals surface area contributed by atoms with Gasteiger partial charge in [-0.1, -0.05) is 20.8 Å². The molecule has 9 nitrogen and oxygen atoms in total. The molecule has 9 heteroatoms. The molecule has 0 saturated carbocycles. The Morgan fingerprint density at radius 1 is 1.16 bits per heavy atom. The summed E-state index contributed by atoms with van der Waals surface area (Å²) in [7, 11) is 7.18. The van der Waals surface area contributed by atoms with Crippen LogP contribution in [0.3, 0.4) is 0 Å². The summed E-state index contributed by atoms with van der Waals surface area (Å²) in [6, 6.07) is 11.4. The van der Waals surface area contributed by atoms with Crippen molar-refractivity contribution in [1.29, 1.82) is 10.7 Å². The number of carbonyl (C=O) groups excluding carboxylic acids is 2. The first kappa shape index (κ1) is 27.7. The highest BCUT2D eigenvalue weighted by Crippen LogP contribution is 2.32. The zero-order valence-corrected chi connectivity index (χ0v) is 22.7. The number of anilines is 2. The van der Waals surface area contributed by atoms with Gasteiger partial charge in [0.2, 0.25) is 0 Å². The highest BCUT2D eigenvalue weighted by atomic mass is 16.5. The molecule has 0 saturated heterocycles. The Balaban J connectivity index is 1.89. The number of hydrogen-bond acceptors (Lipinski definition) is 7. The lowest BCUT2D eigenvalue weighted by atomic mass is 9.85. The van der Waals surface area contributed by atoms with Gasteiger partial charge in [0.15, 0.2) is 5.78 Å². The third-order valence-electron chi connectivity index (χ3n) is 6.44. The monoisotopic (exact) mass is 504 g/mol. The third-order valence-corrected chi connectivity index (χ3v) is 6.44. The van der Waals surface area contributed by atoms with Gasteiger partial charge in [0.25, 0.3) is 5.91 Å². The van der Waals surface area contributed by atoms with Crippen LogP contribution in [0.2, 0.25) is 0 Å². The molecule has 3 rings (SSSR count). The van der Waals surface area contributed by atoms with Crippen LogP contribution in [0.4, 0.5) is 11.4 Å². The Morgan fingerprint density at radius 3 is 2.46 bits per heavy atom. The molecule has 0 atom stereocenters. The van der Waals surface area contributed by atoms with Crippen LogP contribution in [0.15, 0.2) is 30.3 Å². The summed E-state index contributed by atoms with van der Waals surface area (Å²) >= 11 is 0. The lowest BCUT2D eigenvalue weighted by Crippen LogP contribution is -2.31. The Bertz CT molecular complexity index is 1260. The molecule has 1 heterocycles. The van der Waals surface area contributed by atoms with E-state index in [-0.39, 0.29) is 42.8 Å². The Morgan fingerprint density at radius 2 is 1.86 bits per heavy atom. The normalized spacial score (nSPS) is 12.7. The number of amidine groups is 1. The quantitative estimate of drug-likeness (QED) is 0.306. The molecule has 196 valence electrons. The lowest BCUT2D eigenvalue weighted by Gasteiger charge is -2.25. The summed E-state index contributed by atoms with van der Waals surface area (Å²) in [5.41, 5.74) is 5.03. The summed E-state index contributed by atoms with van der Waals surface area (Å²) in [5, 5.41) is 20.2. The summed E-state index contributed by atoms with van der Waals surface area (Å²) in [5.74, 6) is -0.0909. The fourth-order valence-electron chi connectivity index (χ4n) is 4.25. The van der Waals surface area contributed by atoms with Crippen LogP contribution < -0.4 is 15.1 Å². The molecule has 0 spiro atoms. The minimum Gasteiger partial charge on any atom is -0.377 e. The van der Waals surface area contributed by atoms with Crippen molar-refractivity contribution in [1.82, 2.24) is 10.2 Å². The number of nitrogens with one attached hydrogen (secondary N) is 2. The number of ketones is 1. The number of ether oxygens (including phenoxy) is 1. The summed E-state index contributed by atoms with van der Waals surface area (Å²) < 4.78 is 5.35. The van der Waals surface area contributed by atoms with Gasteiger partial charge in [0.1, 0.15) is 19.2 Å². The molecular formula is C28H36N6O3. The average Bonchev–Trinajstić information content (AvgIpc) is 3.15. The van der Waals surface area contributed by atoms with Crippen LogP contribution in [-0.4, -0.2) is 70.5 Å². The van der Waals surface area contributed by atoms with Crippen LogP contribution in [0.25, 0.3) is 0 Å². The van der Waals surface area contributed by atoms with Crippen molar-refractivity contribution in [2.75, 3.05) is 57.9 Å².